The number of hydrogen-bond donors (Lipinski definition) is 0. The maximum atomic E-state index is 12.8. The van der Waals surface area contributed by atoms with Crippen LogP contribution in [0.5, 0.6) is 5.75 Å². The van der Waals surface area contributed by atoms with Crippen LogP contribution < -0.4 is 4.74 Å². The van der Waals surface area contributed by atoms with Gasteiger partial charge >= 0.3 is 0 Å². The van der Waals surface area contributed by atoms with Crippen molar-refractivity contribution in [2.75, 3.05) is 7.05 Å². The fraction of sp³-hybridized carbons (Fsp3) is 0.238. The fourth-order valence-electron chi connectivity index (χ4n) is 2.74. The minimum absolute atomic E-state index is 0.0927. The Balaban J connectivity index is 1.67. The van der Waals surface area contributed by atoms with Crippen molar-refractivity contribution < 1.29 is 9.53 Å². The van der Waals surface area contributed by atoms with E-state index in [9.17, 15) is 4.79 Å². The summed E-state index contributed by atoms with van der Waals surface area (Å²) in [5, 5.41) is 4.97. The van der Waals surface area contributed by atoms with Gasteiger partial charge in [0.25, 0.3) is 5.91 Å². The number of carbonyl (C=O) groups is 1. The quantitative estimate of drug-likeness (QED) is 0.487. The number of amides is 1. The number of para-hydroxylation sites is 1. The number of aromatic nitrogens is 2. The minimum Gasteiger partial charge on any atom is -0.488 e. The smallest absolute Gasteiger partial charge is 0.253 e. The van der Waals surface area contributed by atoms with Crippen LogP contribution >= 0.6 is 27.5 Å². The molecule has 5 nitrogen and oxygen atoms in total. The van der Waals surface area contributed by atoms with Gasteiger partial charge in [0.2, 0.25) is 0 Å². The highest BCUT2D eigenvalue weighted by Gasteiger charge is 2.16. The van der Waals surface area contributed by atoms with Gasteiger partial charge in [-0.1, -0.05) is 35.9 Å². The number of rotatable bonds is 7. The van der Waals surface area contributed by atoms with Gasteiger partial charge in [-0.3, -0.25) is 9.48 Å². The van der Waals surface area contributed by atoms with Crippen molar-refractivity contribution in [1.29, 1.82) is 0 Å². The number of hydrogen-bond acceptors (Lipinski definition) is 3. The summed E-state index contributed by atoms with van der Waals surface area (Å²) in [5.41, 5.74) is 2.21. The number of nitrogens with zero attached hydrogens (tertiary/aromatic N) is 3. The van der Waals surface area contributed by atoms with Crippen molar-refractivity contribution in [3.05, 3.63) is 81.0 Å². The van der Waals surface area contributed by atoms with Gasteiger partial charge in [0, 0.05) is 25.4 Å². The maximum absolute atomic E-state index is 12.8. The predicted molar refractivity (Wildman–Crippen MR) is 114 cm³/mol. The highest BCUT2D eigenvalue weighted by molar-refractivity contribution is 9.10. The van der Waals surface area contributed by atoms with E-state index in [4.69, 9.17) is 16.3 Å². The van der Waals surface area contributed by atoms with E-state index in [0.29, 0.717) is 29.4 Å². The molecule has 0 bridgehead atoms. The topological polar surface area (TPSA) is 47.4 Å². The Labute approximate surface area is 178 Å². The Morgan fingerprint density at radius 1 is 1.25 bits per heavy atom. The van der Waals surface area contributed by atoms with Crippen molar-refractivity contribution in [3.63, 3.8) is 0 Å². The first kappa shape index (κ1) is 20.4. The maximum Gasteiger partial charge on any atom is 0.253 e. The molecule has 0 atom stereocenters. The Hall–Kier alpha value is -2.31. The molecule has 0 saturated heterocycles. The molecule has 28 heavy (non-hydrogen) atoms. The van der Waals surface area contributed by atoms with Gasteiger partial charge in [-0.05, 0) is 52.7 Å². The summed E-state index contributed by atoms with van der Waals surface area (Å²) in [7, 11) is 1.74. The zero-order chi connectivity index (χ0) is 20.1. The highest BCUT2D eigenvalue weighted by Crippen LogP contribution is 2.25. The molecule has 7 heteroatoms. The zero-order valence-corrected chi connectivity index (χ0v) is 18.1. The number of aryl methyl sites for hydroxylation is 1. The Morgan fingerprint density at radius 3 is 2.75 bits per heavy atom. The molecule has 2 aromatic carbocycles. The van der Waals surface area contributed by atoms with E-state index >= 15 is 0 Å². The fourth-order valence-corrected chi connectivity index (χ4v) is 3.35. The van der Waals surface area contributed by atoms with Crippen LogP contribution in [-0.4, -0.2) is 27.6 Å². The summed E-state index contributed by atoms with van der Waals surface area (Å²) in [4.78, 5) is 14.4. The third-order valence-corrected chi connectivity index (χ3v) is 5.22. The van der Waals surface area contributed by atoms with Crippen molar-refractivity contribution in [1.82, 2.24) is 14.7 Å². The van der Waals surface area contributed by atoms with Crippen molar-refractivity contribution in [3.8, 4) is 5.75 Å². The molecule has 0 saturated carbocycles. The van der Waals surface area contributed by atoms with Crippen LogP contribution in [0.4, 0.5) is 0 Å². The monoisotopic (exact) mass is 461 g/mol. The standard InChI is InChI=1S/C21H21BrClN3O2/c1-3-26-12-18(23)19(24-26)13-25(2)21(27)16-8-6-7-15(11-16)14-28-20-10-5-4-9-17(20)22/h4-12H,3,13-14H2,1-2H3. The lowest BCUT2D eigenvalue weighted by molar-refractivity contribution is 0.0783. The summed E-state index contributed by atoms with van der Waals surface area (Å²) in [6, 6.07) is 15.1. The minimum atomic E-state index is -0.0927. The van der Waals surface area contributed by atoms with Crippen LogP contribution in [0.15, 0.2) is 59.2 Å². The predicted octanol–water partition coefficient (Wildman–Crippen LogP) is 5.17. The van der Waals surface area contributed by atoms with Gasteiger partial charge < -0.3 is 9.64 Å². The second kappa shape index (κ2) is 9.26. The van der Waals surface area contributed by atoms with E-state index in [0.717, 1.165) is 22.3 Å². The normalized spacial score (nSPS) is 10.7. The molecule has 0 radical (unpaired) electrons. The number of carbonyl (C=O) groups excluding carboxylic acids is 1. The Kier molecular flexibility index (Phi) is 6.75. The molecule has 3 aromatic rings. The van der Waals surface area contributed by atoms with Crippen LogP contribution in [0, 0.1) is 0 Å². The molecule has 1 heterocycles. The average Bonchev–Trinajstić information content (AvgIpc) is 3.06. The van der Waals surface area contributed by atoms with Crippen LogP contribution in [0.2, 0.25) is 5.02 Å². The first-order valence-electron chi connectivity index (χ1n) is 8.91. The second-order valence-corrected chi connectivity index (χ2v) is 7.62. The average molecular weight is 463 g/mol. The Morgan fingerprint density at radius 2 is 2.04 bits per heavy atom. The lowest BCUT2D eigenvalue weighted by atomic mass is 10.1. The summed E-state index contributed by atoms with van der Waals surface area (Å²) >= 11 is 9.68. The zero-order valence-electron chi connectivity index (χ0n) is 15.7. The third-order valence-electron chi connectivity index (χ3n) is 4.25. The van der Waals surface area contributed by atoms with Crippen molar-refractivity contribution >= 4 is 33.4 Å². The number of benzene rings is 2. The molecule has 0 aliphatic carbocycles. The second-order valence-electron chi connectivity index (χ2n) is 6.36. The van der Waals surface area contributed by atoms with Crippen molar-refractivity contribution in [2.45, 2.75) is 26.6 Å². The van der Waals surface area contributed by atoms with Crippen LogP contribution in [-0.2, 0) is 19.7 Å². The number of ether oxygens (including phenoxy) is 1. The van der Waals surface area contributed by atoms with Crippen LogP contribution in [0.25, 0.3) is 0 Å². The lowest BCUT2D eigenvalue weighted by Gasteiger charge is -2.17. The molecule has 0 spiro atoms. The molecular weight excluding hydrogens is 442 g/mol. The van der Waals surface area contributed by atoms with Gasteiger partial charge in [0.05, 0.1) is 16.0 Å². The summed E-state index contributed by atoms with van der Waals surface area (Å²) in [6.45, 7) is 3.45. The summed E-state index contributed by atoms with van der Waals surface area (Å²) < 4.78 is 8.50. The summed E-state index contributed by atoms with van der Waals surface area (Å²) in [5.74, 6) is 0.669. The molecule has 0 unspecified atom stereocenters. The molecule has 0 aliphatic rings. The van der Waals surface area contributed by atoms with E-state index in [2.05, 4.69) is 21.0 Å². The van der Waals surface area contributed by atoms with E-state index in [1.807, 2.05) is 49.4 Å². The molecule has 1 amide bonds. The van der Waals surface area contributed by atoms with Crippen molar-refractivity contribution in [2.24, 2.45) is 0 Å². The SMILES string of the molecule is CCn1cc(Cl)c(CN(C)C(=O)c2cccc(COc3ccccc3Br)c2)n1. The van der Waals surface area contributed by atoms with Gasteiger partial charge in [0.15, 0.2) is 0 Å². The number of halogens is 2. The molecule has 146 valence electrons. The molecule has 0 fully saturated rings. The molecule has 0 N–H and O–H groups in total. The third kappa shape index (κ3) is 4.94. The lowest BCUT2D eigenvalue weighted by Crippen LogP contribution is -2.26. The molecule has 1 aromatic heterocycles. The molecule has 3 rings (SSSR count). The van der Waals surface area contributed by atoms with Gasteiger partial charge in [-0.2, -0.15) is 5.10 Å². The van der Waals surface area contributed by atoms with E-state index in [1.54, 1.807) is 28.9 Å². The molecular formula is C21H21BrClN3O2. The first-order valence-corrected chi connectivity index (χ1v) is 10.1. The summed E-state index contributed by atoms with van der Waals surface area (Å²) in [6.07, 6.45) is 1.77. The van der Waals surface area contributed by atoms with E-state index in [-0.39, 0.29) is 5.91 Å². The van der Waals surface area contributed by atoms with Crippen LogP contribution in [0.1, 0.15) is 28.5 Å². The highest BCUT2D eigenvalue weighted by atomic mass is 79.9. The van der Waals surface area contributed by atoms with Crippen LogP contribution in [0.3, 0.4) is 0 Å². The van der Waals surface area contributed by atoms with Gasteiger partial charge in [-0.15, -0.1) is 0 Å². The van der Waals surface area contributed by atoms with Gasteiger partial charge in [-0.25, -0.2) is 0 Å². The van der Waals surface area contributed by atoms with E-state index in [1.165, 1.54) is 0 Å². The largest absolute Gasteiger partial charge is 0.488 e. The molecule has 0 aliphatic heterocycles. The first-order chi connectivity index (χ1) is 13.5. The Bertz CT molecular complexity index is 974. The van der Waals surface area contributed by atoms with Gasteiger partial charge in [0.1, 0.15) is 18.1 Å². The van der Waals surface area contributed by atoms with E-state index < -0.39 is 0 Å².